The van der Waals surface area contributed by atoms with Gasteiger partial charge in [-0.1, -0.05) is 43.7 Å². The van der Waals surface area contributed by atoms with E-state index in [1.807, 2.05) is 30.3 Å². The Labute approximate surface area is 121 Å². The van der Waals surface area contributed by atoms with E-state index in [0.29, 0.717) is 13.1 Å². The first-order chi connectivity index (χ1) is 9.63. The van der Waals surface area contributed by atoms with Gasteiger partial charge in [-0.3, -0.25) is 9.59 Å². The van der Waals surface area contributed by atoms with Gasteiger partial charge >= 0.3 is 0 Å². The Morgan fingerprint density at radius 1 is 1.20 bits per heavy atom. The second-order valence-electron chi connectivity index (χ2n) is 4.88. The molecule has 0 atom stereocenters. The molecule has 0 spiro atoms. The number of carbonyl (C=O) groups is 2. The van der Waals surface area contributed by atoms with Gasteiger partial charge in [-0.25, -0.2) is 0 Å². The van der Waals surface area contributed by atoms with Crippen molar-refractivity contribution < 1.29 is 9.59 Å². The van der Waals surface area contributed by atoms with Crippen LogP contribution >= 0.6 is 0 Å². The van der Waals surface area contributed by atoms with Crippen molar-refractivity contribution in [3.8, 4) is 0 Å². The van der Waals surface area contributed by atoms with E-state index in [2.05, 4.69) is 12.2 Å². The van der Waals surface area contributed by atoms with Crippen molar-refractivity contribution in [1.29, 1.82) is 0 Å². The highest BCUT2D eigenvalue weighted by Crippen LogP contribution is 2.02. The van der Waals surface area contributed by atoms with Crippen LogP contribution in [0.25, 0.3) is 0 Å². The third-order valence-electron chi connectivity index (χ3n) is 3.15. The van der Waals surface area contributed by atoms with E-state index in [4.69, 9.17) is 0 Å². The highest BCUT2D eigenvalue weighted by Gasteiger charge is 2.12. The number of amides is 2. The summed E-state index contributed by atoms with van der Waals surface area (Å²) < 4.78 is 0. The van der Waals surface area contributed by atoms with Crippen LogP contribution in [0.3, 0.4) is 0 Å². The molecule has 0 saturated heterocycles. The Bertz CT molecular complexity index is 418. The SMILES string of the molecule is CCCCNC(=O)CN(CCc1ccccc1)C(C)=O. The summed E-state index contributed by atoms with van der Waals surface area (Å²) in [6.45, 7) is 4.98. The number of carbonyl (C=O) groups excluding carboxylic acids is 2. The maximum atomic E-state index is 11.7. The molecule has 0 fully saturated rings. The van der Waals surface area contributed by atoms with Crippen LogP contribution in [-0.2, 0) is 16.0 Å². The Morgan fingerprint density at radius 2 is 1.90 bits per heavy atom. The van der Waals surface area contributed by atoms with Crippen molar-refractivity contribution in [1.82, 2.24) is 10.2 Å². The standard InChI is InChI=1S/C16H24N2O2/c1-3-4-11-17-16(20)13-18(14(2)19)12-10-15-8-6-5-7-9-15/h5-9H,3-4,10-13H2,1-2H3,(H,17,20). The molecule has 1 aromatic carbocycles. The summed E-state index contributed by atoms with van der Waals surface area (Å²) in [5.41, 5.74) is 1.17. The zero-order valence-electron chi connectivity index (χ0n) is 12.4. The number of nitrogens with one attached hydrogen (secondary N) is 1. The van der Waals surface area contributed by atoms with Gasteiger partial charge < -0.3 is 10.2 Å². The molecule has 0 bridgehead atoms. The quantitative estimate of drug-likeness (QED) is 0.738. The van der Waals surface area contributed by atoms with Crippen molar-refractivity contribution in [2.75, 3.05) is 19.6 Å². The summed E-state index contributed by atoms with van der Waals surface area (Å²) >= 11 is 0. The Morgan fingerprint density at radius 3 is 2.50 bits per heavy atom. The number of rotatable bonds is 8. The van der Waals surface area contributed by atoms with Crippen molar-refractivity contribution in [2.45, 2.75) is 33.1 Å². The van der Waals surface area contributed by atoms with E-state index in [-0.39, 0.29) is 18.4 Å². The van der Waals surface area contributed by atoms with Gasteiger partial charge in [0.05, 0.1) is 6.54 Å². The van der Waals surface area contributed by atoms with Crippen LogP contribution in [-0.4, -0.2) is 36.3 Å². The molecule has 1 rings (SSSR count). The fourth-order valence-electron chi connectivity index (χ4n) is 1.89. The molecule has 0 saturated carbocycles. The van der Waals surface area contributed by atoms with Crippen LogP contribution in [0.1, 0.15) is 32.3 Å². The minimum Gasteiger partial charge on any atom is -0.355 e. The summed E-state index contributed by atoms with van der Waals surface area (Å²) in [4.78, 5) is 24.9. The topological polar surface area (TPSA) is 49.4 Å². The predicted octanol–water partition coefficient (Wildman–Crippen LogP) is 1.99. The molecular formula is C16H24N2O2. The van der Waals surface area contributed by atoms with Crippen LogP contribution in [0.15, 0.2) is 30.3 Å². The van der Waals surface area contributed by atoms with Gasteiger partial charge in [0.1, 0.15) is 0 Å². The zero-order chi connectivity index (χ0) is 14.8. The van der Waals surface area contributed by atoms with Gasteiger partial charge in [0.15, 0.2) is 0 Å². The first kappa shape index (κ1) is 16.2. The summed E-state index contributed by atoms with van der Waals surface area (Å²) in [7, 11) is 0. The van der Waals surface area contributed by atoms with Crippen molar-refractivity contribution in [3.63, 3.8) is 0 Å². The maximum Gasteiger partial charge on any atom is 0.239 e. The molecule has 0 radical (unpaired) electrons. The number of hydrogen-bond donors (Lipinski definition) is 1. The van der Waals surface area contributed by atoms with E-state index in [9.17, 15) is 9.59 Å². The smallest absolute Gasteiger partial charge is 0.239 e. The fraction of sp³-hybridized carbons (Fsp3) is 0.500. The lowest BCUT2D eigenvalue weighted by Gasteiger charge is -2.20. The summed E-state index contributed by atoms with van der Waals surface area (Å²) in [5, 5.41) is 2.83. The molecule has 110 valence electrons. The van der Waals surface area contributed by atoms with Gasteiger partial charge in [0.2, 0.25) is 11.8 Å². The Kier molecular flexibility index (Phi) is 7.40. The van der Waals surface area contributed by atoms with Crippen LogP contribution in [0.5, 0.6) is 0 Å². The maximum absolute atomic E-state index is 11.7. The second-order valence-corrected chi connectivity index (χ2v) is 4.88. The van der Waals surface area contributed by atoms with Gasteiger partial charge in [0, 0.05) is 20.0 Å². The number of benzene rings is 1. The first-order valence-electron chi connectivity index (χ1n) is 7.19. The molecule has 4 nitrogen and oxygen atoms in total. The van der Waals surface area contributed by atoms with Crippen LogP contribution < -0.4 is 5.32 Å². The molecule has 1 N–H and O–H groups in total. The molecule has 1 aromatic rings. The molecule has 0 heterocycles. The summed E-state index contributed by atoms with van der Waals surface area (Å²) in [6, 6.07) is 9.97. The minimum atomic E-state index is -0.0817. The lowest BCUT2D eigenvalue weighted by molar-refractivity contribution is -0.134. The van der Waals surface area contributed by atoms with Crippen LogP contribution in [0.2, 0.25) is 0 Å². The van der Waals surface area contributed by atoms with E-state index in [0.717, 1.165) is 19.3 Å². The average Bonchev–Trinajstić information content (AvgIpc) is 2.44. The van der Waals surface area contributed by atoms with Gasteiger partial charge in [0.25, 0.3) is 0 Å². The Hall–Kier alpha value is -1.84. The monoisotopic (exact) mass is 276 g/mol. The lowest BCUT2D eigenvalue weighted by Crippen LogP contribution is -2.41. The number of hydrogen-bond acceptors (Lipinski definition) is 2. The molecule has 4 heteroatoms. The van der Waals surface area contributed by atoms with Gasteiger partial charge in [-0.05, 0) is 18.4 Å². The third kappa shape index (κ3) is 6.36. The number of nitrogens with zero attached hydrogens (tertiary/aromatic N) is 1. The highest BCUT2D eigenvalue weighted by atomic mass is 16.2. The first-order valence-corrected chi connectivity index (χ1v) is 7.19. The predicted molar refractivity (Wildman–Crippen MR) is 80.3 cm³/mol. The van der Waals surface area contributed by atoms with Crippen LogP contribution in [0, 0.1) is 0 Å². The summed E-state index contributed by atoms with van der Waals surface area (Å²) in [5.74, 6) is -0.145. The lowest BCUT2D eigenvalue weighted by atomic mass is 10.1. The van der Waals surface area contributed by atoms with Gasteiger partial charge in [-0.2, -0.15) is 0 Å². The van der Waals surface area contributed by atoms with E-state index >= 15 is 0 Å². The van der Waals surface area contributed by atoms with Gasteiger partial charge in [-0.15, -0.1) is 0 Å². The van der Waals surface area contributed by atoms with Crippen LogP contribution in [0.4, 0.5) is 0 Å². The number of unbranched alkanes of at least 4 members (excludes halogenated alkanes) is 1. The van der Waals surface area contributed by atoms with E-state index < -0.39 is 0 Å². The molecule has 0 unspecified atom stereocenters. The molecule has 2 amide bonds. The fourth-order valence-corrected chi connectivity index (χ4v) is 1.89. The molecule has 0 aliphatic carbocycles. The van der Waals surface area contributed by atoms with Crippen molar-refractivity contribution >= 4 is 11.8 Å². The molecule has 0 aliphatic rings. The van der Waals surface area contributed by atoms with Crippen molar-refractivity contribution in [2.24, 2.45) is 0 Å². The third-order valence-corrected chi connectivity index (χ3v) is 3.15. The zero-order valence-corrected chi connectivity index (χ0v) is 12.4. The normalized spacial score (nSPS) is 10.1. The molecule has 0 aromatic heterocycles. The summed E-state index contributed by atoms with van der Waals surface area (Å²) in [6.07, 6.45) is 2.78. The van der Waals surface area contributed by atoms with E-state index in [1.54, 1.807) is 4.90 Å². The second kappa shape index (κ2) is 9.13. The van der Waals surface area contributed by atoms with Crippen molar-refractivity contribution in [3.05, 3.63) is 35.9 Å². The Balaban J connectivity index is 2.40. The molecule has 20 heavy (non-hydrogen) atoms. The minimum absolute atomic E-state index is 0.0634. The molecular weight excluding hydrogens is 252 g/mol. The highest BCUT2D eigenvalue weighted by molar-refractivity contribution is 5.83. The average molecular weight is 276 g/mol. The van der Waals surface area contributed by atoms with E-state index in [1.165, 1.54) is 12.5 Å². The molecule has 0 aliphatic heterocycles. The largest absolute Gasteiger partial charge is 0.355 e.